The molecule has 0 amide bonds. The fourth-order valence-electron chi connectivity index (χ4n) is 6.56. The lowest BCUT2D eigenvalue weighted by atomic mass is 9.95. The van der Waals surface area contributed by atoms with Gasteiger partial charge >= 0.3 is 0 Å². The van der Waals surface area contributed by atoms with Crippen LogP contribution in [-0.4, -0.2) is 9.38 Å². The van der Waals surface area contributed by atoms with E-state index in [4.69, 9.17) is 4.98 Å². The van der Waals surface area contributed by atoms with Crippen LogP contribution in [0.1, 0.15) is 0 Å². The highest BCUT2D eigenvalue weighted by atomic mass is 14.9. The molecule has 0 bridgehead atoms. The van der Waals surface area contributed by atoms with Gasteiger partial charge in [0, 0.05) is 38.7 Å². The summed E-state index contributed by atoms with van der Waals surface area (Å²) in [5.41, 5.74) is 5.99. The number of hydrogen-bond acceptors (Lipinski definition) is 1. The van der Waals surface area contributed by atoms with Crippen LogP contribution < -0.4 is 0 Å². The van der Waals surface area contributed by atoms with Crippen molar-refractivity contribution < 1.29 is 0 Å². The average Bonchev–Trinajstić information content (AvgIpc) is 3.48. The minimum absolute atomic E-state index is 1.03. The van der Waals surface area contributed by atoms with Crippen LogP contribution in [0.25, 0.3) is 81.7 Å². The lowest BCUT2D eigenvalue weighted by Gasteiger charge is -2.11. The van der Waals surface area contributed by atoms with E-state index in [1.165, 1.54) is 70.4 Å². The molecule has 3 heterocycles. The number of aromatic nitrogens is 2. The van der Waals surface area contributed by atoms with E-state index < -0.39 is 0 Å². The highest BCUT2D eigenvalue weighted by Crippen LogP contribution is 2.41. The van der Waals surface area contributed by atoms with Crippen molar-refractivity contribution in [1.82, 2.24) is 9.38 Å². The summed E-state index contributed by atoms with van der Waals surface area (Å²) < 4.78 is 2.42. The first-order valence-electron chi connectivity index (χ1n) is 12.7. The topological polar surface area (TPSA) is 17.3 Å². The fourth-order valence-corrected chi connectivity index (χ4v) is 6.56. The number of fused-ring (bicyclic) bond motifs is 11. The summed E-state index contributed by atoms with van der Waals surface area (Å²) in [4.78, 5) is 4.90. The molecule has 9 aromatic rings. The molecule has 0 spiro atoms. The quantitative estimate of drug-likeness (QED) is 0.219. The summed E-state index contributed by atoms with van der Waals surface area (Å²) >= 11 is 0. The van der Waals surface area contributed by atoms with Crippen molar-refractivity contribution >= 4 is 70.4 Å². The summed E-state index contributed by atoms with van der Waals surface area (Å²) in [5.74, 6) is 0. The van der Waals surface area contributed by atoms with Crippen LogP contribution in [0, 0.1) is 0 Å². The van der Waals surface area contributed by atoms with Gasteiger partial charge in [-0.2, -0.15) is 0 Å². The minimum atomic E-state index is 1.03. The Bertz CT molecular complexity index is 2360. The van der Waals surface area contributed by atoms with Gasteiger partial charge < -0.3 is 4.40 Å². The summed E-state index contributed by atoms with van der Waals surface area (Å²) in [7, 11) is 0. The molecule has 0 aliphatic rings. The van der Waals surface area contributed by atoms with Crippen LogP contribution in [0.5, 0.6) is 0 Å². The summed E-state index contributed by atoms with van der Waals surface area (Å²) in [6.45, 7) is 0. The van der Waals surface area contributed by atoms with Gasteiger partial charge in [0.15, 0.2) is 0 Å². The molecule has 0 fully saturated rings. The van der Waals surface area contributed by atoms with Crippen LogP contribution in [0.2, 0.25) is 0 Å². The first kappa shape index (κ1) is 19.3. The highest BCUT2D eigenvalue weighted by molar-refractivity contribution is 6.24. The van der Waals surface area contributed by atoms with E-state index >= 15 is 0 Å². The molecule has 0 saturated carbocycles. The van der Waals surface area contributed by atoms with Gasteiger partial charge in [-0.1, -0.05) is 91.0 Å². The second-order valence-electron chi connectivity index (χ2n) is 9.99. The molecule has 170 valence electrons. The Morgan fingerprint density at radius 2 is 1.11 bits per heavy atom. The molecular formula is C35H20N2. The molecular weight excluding hydrogens is 448 g/mol. The standard InChI is InChI=1S/C35H20N2/c1-2-7-23-21(6-1)12-14-25-24(23)15-16-28-26(25)18-19-36-34(28)22-13-17-33-31(20-22)30-10-5-9-29-27-8-3-4-11-32(27)37(33)35(29)30/h1-20H. The van der Waals surface area contributed by atoms with Crippen molar-refractivity contribution in [1.29, 1.82) is 0 Å². The molecule has 0 aliphatic heterocycles. The van der Waals surface area contributed by atoms with Gasteiger partial charge in [-0.3, -0.25) is 4.98 Å². The SMILES string of the molecule is c1ccc2c(c1)ccc1c3ccnc(-c4ccc5c(c4)c4cccc6c7ccccc7n5c64)c3ccc21. The maximum Gasteiger partial charge on any atom is 0.0780 e. The highest BCUT2D eigenvalue weighted by Gasteiger charge is 2.18. The summed E-state index contributed by atoms with van der Waals surface area (Å²) in [6, 6.07) is 42.0. The van der Waals surface area contributed by atoms with Gasteiger partial charge in [0.1, 0.15) is 0 Å². The van der Waals surface area contributed by atoms with Crippen molar-refractivity contribution in [2.45, 2.75) is 0 Å². The van der Waals surface area contributed by atoms with Gasteiger partial charge in [-0.05, 0) is 51.2 Å². The van der Waals surface area contributed by atoms with Gasteiger partial charge in [0.25, 0.3) is 0 Å². The molecule has 0 unspecified atom stereocenters. The Kier molecular flexibility index (Phi) is 3.56. The van der Waals surface area contributed by atoms with Crippen LogP contribution in [0.4, 0.5) is 0 Å². The number of benzene rings is 6. The predicted molar refractivity (Wildman–Crippen MR) is 157 cm³/mol. The van der Waals surface area contributed by atoms with Crippen molar-refractivity contribution in [2.24, 2.45) is 0 Å². The van der Waals surface area contributed by atoms with Crippen LogP contribution in [-0.2, 0) is 0 Å². The normalized spacial score (nSPS) is 12.3. The third kappa shape index (κ3) is 2.42. The van der Waals surface area contributed by atoms with Crippen LogP contribution >= 0.6 is 0 Å². The van der Waals surface area contributed by atoms with Crippen molar-refractivity contribution in [3.05, 3.63) is 121 Å². The largest absolute Gasteiger partial charge is 0.308 e. The molecule has 2 heteroatoms. The van der Waals surface area contributed by atoms with Crippen molar-refractivity contribution in [3.63, 3.8) is 0 Å². The van der Waals surface area contributed by atoms with E-state index in [1.54, 1.807) is 0 Å². The zero-order valence-corrected chi connectivity index (χ0v) is 19.9. The fraction of sp³-hybridized carbons (Fsp3) is 0. The molecule has 0 N–H and O–H groups in total. The smallest absolute Gasteiger partial charge is 0.0780 e. The minimum Gasteiger partial charge on any atom is -0.308 e. The first-order chi connectivity index (χ1) is 18.4. The second kappa shape index (κ2) is 6.83. The van der Waals surface area contributed by atoms with Gasteiger partial charge in [-0.15, -0.1) is 0 Å². The van der Waals surface area contributed by atoms with E-state index in [-0.39, 0.29) is 0 Å². The van der Waals surface area contributed by atoms with Gasteiger partial charge in [-0.25, -0.2) is 0 Å². The van der Waals surface area contributed by atoms with Gasteiger partial charge in [0.2, 0.25) is 0 Å². The maximum atomic E-state index is 4.90. The lowest BCUT2D eigenvalue weighted by Crippen LogP contribution is -1.88. The van der Waals surface area contributed by atoms with Gasteiger partial charge in [0.05, 0.1) is 22.2 Å². The summed E-state index contributed by atoms with van der Waals surface area (Å²) in [5, 5.41) is 12.7. The molecule has 6 aromatic carbocycles. The molecule has 3 aromatic heterocycles. The first-order valence-corrected chi connectivity index (χ1v) is 12.7. The van der Waals surface area contributed by atoms with E-state index in [0.29, 0.717) is 0 Å². The Labute approximate surface area is 212 Å². The Balaban J connectivity index is 1.35. The zero-order valence-electron chi connectivity index (χ0n) is 19.9. The van der Waals surface area contributed by atoms with Crippen molar-refractivity contribution in [2.75, 3.05) is 0 Å². The molecule has 0 radical (unpaired) electrons. The second-order valence-corrected chi connectivity index (χ2v) is 9.99. The molecule has 9 rings (SSSR count). The zero-order chi connectivity index (χ0) is 24.1. The molecule has 0 atom stereocenters. The number of rotatable bonds is 1. The number of nitrogens with zero attached hydrogens (tertiary/aromatic N) is 2. The monoisotopic (exact) mass is 468 g/mol. The Morgan fingerprint density at radius 1 is 0.432 bits per heavy atom. The molecule has 2 nitrogen and oxygen atoms in total. The summed E-state index contributed by atoms with van der Waals surface area (Å²) in [6.07, 6.45) is 1.96. The molecule has 0 saturated heterocycles. The maximum absolute atomic E-state index is 4.90. The van der Waals surface area contributed by atoms with E-state index in [1.807, 2.05) is 6.20 Å². The predicted octanol–water partition coefficient (Wildman–Crippen LogP) is 9.36. The lowest BCUT2D eigenvalue weighted by molar-refractivity contribution is 1.35. The molecule has 37 heavy (non-hydrogen) atoms. The van der Waals surface area contributed by atoms with Crippen LogP contribution in [0.15, 0.2) is 121 Å². The van der Waals surface area contributed by atoms with E-state index in [2.05, 4.69) is 120 Å². The number of hydrogen-bond donors (Lipinski definition) is 0. The Morgan fingerprint density at radius 3 is 2.05 bits per heavy atom. The van der Waals surface area contributed by atoms with E-state index in [9.17, 15) is 0 Å². The average molecular weight is 469 g/mol. The number of pyridine rings is 1. The number of para-hydroxylation sites is 2. The molecule has 0 aliphatic carbocycles. The Hall–Kier alpha value is -4.95. The van der Waals surface area contributed by atoms with E-state index in [0.717, 1.165) is 11.3 Å². The third-order valence-corrected chi connectivity index (χ3v) is 8.16. The van der Waals surface area contributed by atoms with Crippen molar-refractivity contribution in [3.8, 4) is 11.3 Å². The van der Waals surface area contributed by atoms with Crippen LogP contribution in [0.3, 0.4) is 0 Å². The third-order valence-electron chi connectivity index (χ3n) is 8.16.